The molecule has 1 aliphatic heterocycles. The molecule has 3 aliphatic rings. The van der Waals surface area contributed by atoms with E-state index in [4.69, 9.17) is 0 Å². The maximum Gasteiger partial charge on any atom is 0.180 e. The minimum absolute atomic E-state index is 0.0388. The highest BCUT2D eigenvalue weighted by molar-refractivity contribution is 6.03. The molecule has 1 aromatic carbocycles. The zero-order valence-electron chi connectivity index (χ0n) is 13.4. The zero-order chi connectivity index (χ0) is 16.0. The van der Waals surface area contributed by atoms with Gasteiger partial charge in [0, 0.05) is 17.5 Å². The van der Waals surface area contributed by atoms with Crippen LogP contribution in [0.4, 0.5) is 4.39 Å². The number of phenols is 1. The lowest BCUT2D eigenvalue weighted by Crippen LogP contribution is -2.63. The van der Waals surface area contributed by atoms with E-state index in [0.29, 0.717) is 18.9 Å². The summed E-state index contributed by atoms with van der Waals surface area (Å²) in [6.45, 7) is 1.21. The minimum Gasteiger partial charge on any atom is -0.508 e. The Morgan fingerprint density at radius 2 is 2.17 bits per heavy atom. The number of fused-ring (bicyclic) bond motifs is 1. The summed E-state index contributed by atoms with van der Waals surface area (Å²) >= 11 is 0. The highest BCUT2D eigenvalue weighted by Crippen LogP contribution is 2.56. The number of piperidine rings is 1. The molecule has 2 aliphatic carbocycles. The normalized spacial score (nSPS) is 33.2. The standard InChI is InChI=1S/C19H24FNO2/c20-9-3-10-21-11-8-19-7-2-1-4-15(19)17(21)18(23)14-6-5-13(22)12-16(14)19/h5-6,12,15,17,22H,1-4,7-11H2/t15-,17-,19+/m0/s1. The summed E-state index contributed by atoms with van der Waals surface area (Å²) in [4.78, 5) is 15.4. The second-order valence-electron chi connectivity index (χ2n) is 7.38. The highest BCUT2D eigenvalue weighted by Gasteiger charge is 2.56. The number of alkyl halides is 1. The summed E-state index contributed by atoms with van der Waals surface area (Å²) < 4.78 is 12.6. The Balaban J connectivity index is 1.82. The first kappa shape index (κ1) is 15.1. The van der Waals surface area contributed by atoms with Crippen molar-refractivity contribution < 1.29 is 14.3 Å². The molecule has 4 rings (SSSR count). The van der Waals surface area contributed by atoms with Crippen molar-refractivity contribution in [3.8, 4) is 5.75 Å². The summed E-state index contributed by atoms with van der Waals surface area (Å²) in [5.74, 6) is 0.765. The van der Waals surface area contributed by atoms with Crippen LogP contribution in [0.2, 0.25) is 0 Å². The van der Waals surface area contributed by atoms with Crippen molar-refractivity contribution in [1.82, 2.24) is 4.90 Å². The third kappa shape index (κ3) is 2.14. The average molecular weight is 317 g/mol. The predicted octanol–water partition coefficient (Wildman–Crippen LogP) is 3.45. The quantitative estimate of drug-likeness (QED) is 0.928. The maximum absolute atomic E-state index is 13.1. The first-order chi connectivity index (χ1) is 11.2. The second kappa shape index (κ2) is 5.59. The SMILES string of the molecule is O=C1c2ccc(O)cc2[C@@]23CCCC[C@H]2[C@@H]1N(CCCF)CC3. The molecular formula is C19H24FNO2. The Morgan fingerprint density at radius 3 is 3.00 bits per heavy atom. The molecule has 23 heavy (non-hydrogen) atoms. The number of rotatable bonds is 3. The van der Waals surface area contributed by atoms with Gasteiger partial charge in [-0.25, -0.2) is 0 Å². The van der Waals surface area contributed by atoms with Gasteiger partial charge in [0.25, 0.3) is 0 Å². The van der Waals surface area contributed by atoms with Gasteiger partial charge in [-0.1, -0.05) is 12.8 Å². The predicted molar refractivity (Wildman–Crippen MR) is 86.6 cm³/mol. The van der Waals surface area contributed by atoms with Gasteiger partial charge in [0.1, 0.15) is 5.75 Å². The summed E-state index contributed by atoms with van der Waals surface area (Å²) in [6.07, 6.45) is 6.06. The molecule has 0 spiro atoms. The van der Waals surface area contributed by atoms with Crippen molar-refractivity contribution in [3.63, 3.8) is 0 Å². The number of phenolic OH excluding ortho intramolecular Hbond substituents is 1. The molecule has 0 amide bonds. The fraction of sp³-hybridized carbons (Fsp3) is 0.632. The van der Waals surface area contributed by atoms with Gasteiger partial charge in [0.05, 0.1) is 12.7 Å². The van der Waals surface area contributed by atoms with Gasteiger partial charge >= 0.3 is 0 Å². The Morgan fingerprint density at radius 1 is 1.30 bits per heavy atom. The molecule has 1 N–H and O–H groups in total. The van der Waals surface area contributed by atoms with E-state index in [-0.39, 0.29) is 29.7 Å². The van der Waals surface area contributed by atoms with Gasteiger partial charge in [-0.05, 0) is 61.9 Å². The zero-order valence-corrected chi connectivity index (χ0v) is 13.4. The largest absolute Gasteiger partial charge is 0.508 e. The number of nitrogens with zero attached hydrogens (tertiary/aromatic N) is 1. The molecular weight excluding hydrogens is 293 g/mol. The van der Waals surface area contributed by atoms with Gasteiger partial charge in [-0.2, -0.15) is 0 Å². The van der Waals surface area contributed by atoms with E-state index in [1.165, 1.54) is 12.8 Å². The van der Waals surface area contributed by atoms with Gasteiger partial charge in [-0.3, -0.25) is 14.1 Å². The average Bonchev–Trinajstić information content (AvgIpc) is 2.58. The first-order valence-corrected chi connectivity index (χ1v) is 8.85. The number of carbonyl (C=O) groups is 1. The summed E-state index contributed by atoms with van der Waals surface area (Å²) in [7, 11) is 0. The number of halogens is 1. The van der Waals surface area contributed by atoms with E-state index >= 15 is 0 Å². The lowest BCUT2D eigenvalue weighted by atomic mass is 9.52. The van der Waals surface area contributed by atoms with Crippen LogP contribution in [0.3, 0.4) is 0 Å². The van der Waals surface area contributed by atoms with Gasteiger partial charge in [0.2, 0.25) is 0 Å². The third-order valence-corrected chi connectivity index (χ3v) is 6.37. The number of hydrogen-bond acceptors (Lipinski definition) is 3. The van der Waals surface area contributed by atoms with E-state index in [2.05, 4.69) is 4.90 Å². The molecule has 4 heteroatoms. The number of aromatic hydroxyl groups is 1. The van der Waals surface area contributed by atoms with Crippen LogP contribution in [0.25, 0.3) is 0 Å². The Kier molecular flexibility index (Phi) is 3.67. The maximum atomic E-state index is 13.1. The molecule has 0 unspecified atom stereocenters. The lowest BCUT2D eigenvalue weighted by molar-refractivity contribution is -0.00355. The molecule has 1 saturated carbocycles. The molecule has 2 fully saturated rings. The number of Topliss-reactive ketones (excluding diaryl/α,β-unsaturated/α-hetero) is 1. The minimum atomic E-state index is -0.322. The van der Waals surface area contributed by atoms with E-state index in [1.807, 2.05) is 6.07 Å². The van der Waals surface area contributed by atoms with E-state index < -0.39 is 0 Å². The van der Waals surface area contributed by atoms with Crippen LogP contribution in [0.1, 0.15) is 54.4 Å². The summed E-state index contributed by atoms with van der Waals surface area (Å²) in [6, 6.07) is 5.16. The monoisotopic (exact) mass is 317 g/mol. The molecule has 2 bridgehead atoms. The van der Waals surface area contributed by atoms with Crippen molar-refractivity contribution >= 4 is 5.78 Å². The number of ketones is 1. The smallest absolute Gasteiger partial charge is 0.180 e. The van der Waals surface area contributed by atoms with Crippen molar-refractivity contribution in [2.45, 2.75) is 50.0 Å². The summed E-state index contributed by atoms with van der Waals surface area (Å²) in [5, 5.41) is 9.96. The van der Waals surface area contributed by atoms with Crippen molar-refractivity contribution in [3.05, 3.63) is 29.3 Å². The second-order valence-corrected chi connectivity index (χ2v) is 7.38. The van der Waals surface area contributed by atoms with Crippen LogP contribution in [0, 0.1) is 5.92 Å². The van der Waals surface area contributed by atoms with Gasteiger partial charge in [0.15, 0.2) is 5.78 Å². The van der Waals surface area contributed by atoms with Crippen molar-refractivity contribution in [2.24, 2.45) is 5.92 Å². The molecule has 3 nitrogen and oxygen atoms in total. The molecule has 1 saturated heterocycles. The van der Waals surface area contributed by atoms with Crippen LogP contribution in [0.5, 0.6) is 5.75 Å². The Labute approximate surface area is 136 Å². The molecule has 124 valence electrons. The number of carbonyl (C=O) groups excluding carboxylic acids is 1. The first-order valence-electron chi connectivity index (χ1n) is 8.85. The number of hydrogen-bond donors (Lipinski definition) is 1. The van der Waals surface area contributed by atoms with Crippen LogP contribution < -0.4 is 0 Å². The van der Waals surface area contributed by atoms with Crippen LogP contribution in [0.15, 0.2) is 18.2 Å². The van der Waals surface area contributed by atoms with Gasteiger partial charge in [-0.15, -0.1) is 0 Å². The number of benzene rings is 1. The van der Waals surface area contributed by atoms with E-state index in [1.54, 1.807) is 12.1 Å². The molecule has 3 atom stereocenters. The van der Waals surface area contributed by atoms with E-state index in [0.717, 1.165) is 36.9 Å². The number of likely N-dealkylation sites (tertiary alicyclic amines) is 1. The summed E-state index contributed by atoms with van der Waals surface area (Å²) in [5.41, 5.74) is 1.90. The lowest BCUT2D eigenvalue weighted by Gasteiger charge is -2.58. The Bertz CT molecular complexity index is 632. The van der Waals surface area contributed by atoms with Crippen LogP contribution in [-0.2, 0) is 5.41 Å². The molecule has 1 heterocycles. The van der Waals surface area contributed by atoms with Gasteiger partial charge < -0.3 is 5.11 Å². The van der Waals surface area contributed by atoms with E-state index in [9.17, 15) is 14.3 Å². The highest BCUT2D eigenvalue weighted by atomic mass is 19.1. The Hall–Kier alpha value is -1.42. The molecule has 0 radical (unpaired) electrons. The molecule has 0 aromatic heterocycles. The third-order valence-electron chi connectivity index (χ3n) is 6.37. The van der Waals surface area contributed by atoms with Crippen LogP contribution in [-0.4, -0.2) is 41.6 Å². The van der Waals surface area contributed by atoms with Crippen molar-refractivity contribution in [2.75, 3.05) is 19.8 Å². The fourth-order valence-corrected chi connectivity index (χ4v) is 5.42. The molecule has 1 aromatic rings. The van der Waals surface area contributed by atoms with Crippen LogP contribution >= 0.6 is 0 Å². The topological polar surface area (TPSA) is 40.5 Å². The van der Waals surface area contributed by atoms with Crippen molar-refractivity contribution in [1.29, 1.82) is 0 Å². The fourth-order valence-electron chi connectivity index (χ4n) is 5.42.